The fourth-order valence-electron chi connectivity index (χ4n) is 2.56. The molecule has 0 aromatic heterocycles. The Kier molecular flexibility index (Phi) is 13.5. The summed E-state index contributed by atoms with van der Waals surface area (Å²) < 4.78 is 59.9. The third-order valence-corrected chi connectivity index (χ3v) is 5.09. The predicted molar refractivity (Wildman–Crippen MR) is 97.2 cm³/mol. The van der Waals surface area contributed by atoms with Gasteiger partial charge in [0.15, 0.2) is 0 Å². The molecule has 0 heterocycles. The fourth-order valence-corrected chi connectivity index (χ4v) is 3.03. The van der Waals surface area contributed by atoms with E-state index in [-0.39, 0.29) is 6.42 Å². The number of alkyl halides is 3. The summed E-state index contributed by atoms with van der Waals surface area (Å²) in [6.45, 7) is 3.70. The first-order valence-corrected chi connectivity index (χ1v) is 10.8. The fraction of sp³-hybridized carbons (Fsp3) is 0.833. The summed E-state index contributed by atoms with van der Waals surface area (Å²) in [5.41, 5.74) is -5.51. The van der Waals surface area contributed by atoms with Crippen molar-refractivity contribution in [1.29, 1.82) is 0 Å². The highest BCUT2D eigenvalue weighted by atomic mass is 32.2. The van der Waals surface area contributed by atoms with Crippen LogP contribution in [-0.2, 0) is 10.0 Å². The van der Waals surface area contributed by atoms with Gasteiger partial charge in [0.1, 0.15) is 0 Å². The van der Waals surface area contributed by atoms with Crippen LogP contribution in [0.2, 0.25) is 0 Å². The molecule has 0 amide bonds. The summed E-state index contributed by atoms with van der Waals surface area (Å²) in [6.07, 6.45) is 15.5. The Bertz CT molecular complexity index is 502. The number of hydrogen-bond donors (Lipinski definition) is 0. The van der Waals surface area contributed by atoms with E-state index in [0.717, 1.165) is 25.7 Å². The number of hydrogen-bond acceptors (Lipinski definition) is 3. The molecule has 0 spiro atoms. The normalized spacial score (nSPS) is 13.1. The Hall–Kier alpha value is -1.05. The number of halogens is 3. The van der Waals surface area contributed by atoms with E-state index >= 15 is 0 Å². The van der Waals surface area contributed by atoms with Gasteiger partial charge in [-0.25, -0.2) is 0 Å². The molecule has 0 aromatic rings. The predicted octanol–water partition coefficient (Wildman–Crippen LogP) is 5.24. The lowest BCUT2D eigenvalue weighted by Crippen LogP contribution is -2.26. The first-order valence-electron chi connectivity index (χ1n) is 9.38. The zero-order valence-electron chi connectivity index (χ0n) is 15.4. The molecule has 4 nitrogen and oxygen atoms in total. The summed E-state index contributed by atoms with van der Waals surface area (Å²) in [7, 11) is -5.70. The Labute approximate surface area is 155 Å². The van der Waals surface area contributed by atoms with Crippen molar-refractivity contribution in [1.82, 2.24) is 0 Å². The molecule has 0 rings (SSSR count). The van der Waals surface area contributed by atoms with Gasteiger partial charge in [0.05, 0.1) is 0 Å². The lowest BCUT2D eigenvalue weighted by molar-refractivity contribution is -0.218. The molecule has 0 saturated heterocycles. The van der Waals surface area contributed by atoms with Crippen LogP contribution in [0.15, 0.2) is 17.1 Å². The van der Waals surface area contributed by atoms with Gasteiger partial charge in [-0.05, 0) is 31.6 Å². The van der Waals surface area contributed by atoms with Crippen molar-refractivity contribution in [3.05, 3.63) is 12.7 Å². The molecular weight excluding hydrogens is 367 g/mol. The zero-order valence-corrected chi connectivity index (χ0v) is 16.2. The van der Waals surface area contributed by atoms with E-state index in [1.165, 1.54) is 44.9 Å². The SMILES string of the molecule is C=CCCCCCCCCCCCCCC/C([O-])=N/S(=O)(=O)C(F)(F)F. The lowest BCUT2D eigenvalue weighted by atomic mass is 10.0. The van der Waals surface area contributed by atoms with Crippen molar-refractivity contribution in [2.45, 2.75) is 95.4 Å². The zero-order chi connectivity index (χ0) is 19.9. The second kappa shape index (κ2) is 14.1. The first kappa shape index (κ1) is 24.9. The molecule has 0 unspecified atom stereocenters. The Morgan fingerprint density at radius 3 is 1.62 bits per heavy atom. The molecule has 0 radical (unpaired) electrons. The van der Waals surface area contributed by atoms with E-state index in [2.05, 4.69) is 11.0 Å². The summed E-state index contributed by atoms with van der Waals surface area (Å²) in [5, 5.41) is 11.2. The second-order valence-electron chi connectivity index (χ2n) is 6.48. The largest absolute Gasteiger partial charge is 0.861 e. The van der Waals surface area contributed by atoms with E-state index in [1.54, 1.807) is 0 Å². The standard InChI is InChI=1S/C18H32F3NO3S/c1-2-3-4-5-6-7-8-9-10-11-12-13-14-15-16-17(23)22-26(24,25)18(19,20)21/h2H,1,3-16H2,(H,22,23)/p-1. The molecule has 0 aliphatic carbocycles. The minimum absolute atomic E-state index is 0.263. The minimum atomic E-state index is -5.70. The quantitative estimate of drug-likeness (QED) is 0.154. The van der Waals surface area contributed by atoms with Crippen LogP contribution in [0.4, 0.5) is 13.2 Å². The molecule has 0 aliphatic rings. The Morgan fingerprint density at radius 1 is 0.846 bits per heavy atom. The van der Waals surface area contributed by atoms with Gasteiger partial charge in [0.2, 0.25) is 0 Å². The van der Waals surface area contributed by atoms with Gasteiger partial charge in [-0.15, -0.1) is 6.58 Å². The number of allylic oxidation sites excluding steroid dienone is 1. The van der Waals surface area contributed by atoms with Crippen LogP contribution < -0.4 is 5.11 Å². The first-order chi connectivity index (χ1) is 12.2. The van der Waals surface area contributed by atoms with E-state index in [1.807, 2.05) is 6.08 Å². The number of unbranched alkanes of at least 4 members (excludes halogenated alkanes) is 12. The van der Waals surface area contributed by atoms with Gasteiger partial charge >= 0.3 is 15.5 Å². The highest BCUT2D eigenvalue weighted by molar-refractivity contribution is 7.91. The molecule has 26 heavy (non-hydrogen) atoms. The third kappa shape index (κ3) is 13.2. The number of rotatable bonds is 16. The third-order valence-electron chi connectivity index (χ3n) is 4.06. The smallest absolute Gasteiger partial charge is 0.518 e. The van der Waals surface area contributed by atoms with E-state index in [9.17, 15) is 26.7 Å². The molecule has 8 heteroatoms. The van der Waals surface area contributed by atoms with Crippen LogP contribution in [-0.4, -0.2) is 19.8 Å². The van der Waals surface area contributed by atoms with Gasteiger partial charge in [0, 0.05) is 0 Å². The van der Waals surface area contributed by atoms with Crippen LogP contribution in [0, 0.1) is 0 Å². The average Bonchev–Trinajstić information content (AvgIpc) is 2.53. The molecule has 0 aliphatic heterocycles. The number of sulfonamides is 1. The summed E-state index contributed by atoms with van der Waals surface area (Å²) in [6, 6.07) is 0. The van der Waals surface area contributed by atoms with Crippen LogP contribution in [0.25, 0.3) is 0 Å². The number of nitrogens with zero attached hydrogens (tertiary/aromatic N) is 1. The molecule has 0 saturated carbocycles. The summed E-state index contributed by atoms with van der Waals surface area (Å²) in [4.78, 5) is 0. The van der Waals surface area contributed by atoms with Crippen molar-refractivity contribution >= 4 is 15.9 Å². The van der Waals surface area contributed by atoms with Gasteiger partial charge in [-0.1, -0.05) is 70.3 Å². The maximum atomic E-state index is 12.1. The Morgan fingerprint density at radius 2 is 1.23 bits per heavy atom. The highest BCUT2D eigenvalue weighted by Crippen LogP contribution is 2.24. The molecule has 0 N–H and O–H groups in total. The van der Waals surface area contributed by atoms with E-state index < -0.39 is 21.4 Å². The van der Waals surface area contributed by atoms with Crippen molar-refractivity contribution < 1.29 is 26.7 Å². The highest BCUT2D eigenvalue weighted by Gasteiger charge is 2.45. The lowest BCUT2D eigenvalue weighted by Gasteiger charge is -2.11. The van der Waals surface area contributed by atoms with Crippen molar-refractivity contribution in [3.8, 4) is 0 Å². The average molecular weight is 399 g/mol. The molecule has 0 atom stereocenters. The summed E-state index contributed by atoms with van der Waals surface area (Å²) >= 11 is 0. The Balaban J connectivity index is 3.53. The topological polar surface area (TPSA) is 69.6 Å². The van der Waals surface area contributed by atoms with Crippen molar-refractivity contribution in [2.75, 3.05) is 0 Å². The molecular formula is C18H31F3NO3S-. The van der Waals surface area contributed by atoms with Crippen LogP contribution in [0.5, 0.6) is 0 Å². The molecule has 154 valence electrons. The van der Waals surface area contributed by atoms with Crippen LogP contribution in [0.1, 0.15) is 89.9 Å². The van der Waals surface area contributed by atoms with E-state index in [0.29, 0.717) is 12.8 Å². The van der Waals surface area contributed by atoms with Gasteiger partial charge in [0.25, 0.3) is 0 Å². The molecule has 0 bridgehead atoms. The maximum Gasteiger partial charge on any atom is 0.518 e. The summed E-state index contributed by atoms with van der Waals surface area (Å²) in [5.74, 6) is -1.23. The molecule has 0 fully saturated rings. The van der Waals surface area contributed by atoms with Gasteiger partial charge in [-0.3, -0.25) is 0 Å². The second-order valence-corrected chi connectivity index (χ2v) is 8.07. The van der Waals surface area contributed by atoms with Gasteiger partial charge in [-0.2, -0.15) is 26.0 Å². The van der Waals surface area contributed by atoms with Gasteiger partial charge < -0.3 is 5.11 Å². The molecule has 0 aromatic carbocycles. The minimum Gasteiger partial charge on any atom is -0.861 e. The van der Waals surface area contributed by atoms with E-state index in [4.69, 9.17) is 0 Å². The van der Waals surface area contributed by atoms with Crippen molar-refractivity contribution in [2.24, 2.45) is 4.40 Å². The van der Waals surface area contributed by atoms with Crippen LogP contribution in [0.3, 0.4) is 0 Å². The maximum absolute atomic E-state index is 12.1. The monoisotopic (exact) mass is 398 g/mol. The van der Waals surface area contributed by atoms with Crippen LogP contribution >= 0.6 is 0 Å². The van der Waals surface area contributed by atoms with Crippen molar-refractivity contribution in [3.63, 3.8) is 0 Å².